The zero-order valence-electron chi connectivity index (χ0n) is 11.6. The molecule has 1 aliphatic rings. The fourth-order valence-electron chi connectivity index (χ4n) is 3.00. The second-order valence-corrected chi connectivity index (χ2v) is 5.46. The van der Waals surface area contributed by atoms with E-state index < -0.39 is 5.82 Å². The second kappa shape index (κ2) is 5.68. The molecule has 3 rings (SSSR count). The number of halogens is 1. The lowest BCUT2D eigenvalue weighted by Gasteiger charge is -2.24. The molecule has 1 aromatic heterocycles. The summed E-state index contributed by atoms with van der Waals surface area (Å²) in [5, 5.41) is 9.65. The van der Waals surface area contributed by atoms with Crippen molar-refractivity contribution < 1.29 is 9.50 Å². The third-order valence-electron chi connectivity index (χ3n) is 3.97. The van der Waals surface area contributed by atoms with Crippen molar-refractivity contribution in [2.45, 2.75) is 38.0 Å². The van der Waals surface area contributed by atoms with Crippen LogP contribution in [0.15, 0.2) is 35.1 Å². The van der Waals surface area contributed by atoms with Crippen molar-refractivity contribution in [1.82, 2.24) is 9.55 Å². The smallest absolute Gasteiger partial charge is 0.261 e. The van der Waals surface area contributed by atoms with Gasteiger partial charge in [-0.2, -0.15) is 4.98 Å². The Morgan fingerprint density at radius 2 is 1.95 bits per heavy atom. The summed E-state index contributed by atoms with van der Waals surface area (Å²) in [6.07, 6.45) is 5.22. The van der Waals surface area contributed by atoms with Gasteiger partial charge in [-0.05, 0) is 31.0 Å². The molecule has 0 amide bonds. The van der Waals surface area contributed by atoms with Gasteiger partial charge >= 0.3 is 0 Å². The molecule has 1 fully saturated rings. The normalized spacial score (nSPS) is 16.0. The van der Waals surface area contributed by atoms with Crippen LogP contribution in [0, 0.1) is 5.82 Å². The van der Waals surface area contributed by atoms with Gasteiger partial charge in [0.1, 0.15) is 11.6 Å². The Hall–Kier alpha value is -2.17. The van der Waals surface area contributed by atoms with E-state index in [4.69, 9.17) is 0 Å². The third kappa shape index (κ3) is 2.82. The minimum Gasteiger partial charge on any atom is -0.493 e. The van der Waals surface area contributed by atoms with Crippen molar-refractivity contribution >= 4 is 0 Å². The first-order valence-corrected chi connectivity index (χ1v) is 7.24. The maximum Gasteiger partial charge on any atom is 0.261 e. The Labute approximate surface area is 121 Å². The highest BCUT2D eigenvalue weighted by atomic mass is 19.1. The van der Waals surface area contributed by atoms with E-state index in [9.17, 15) is 14.3 Å². The van der Waals surface area contributed by atoms with E-state index in [0.29, 0.717) is 11.5 Å². The predicted octanol–water partition coefficient (Wildman–Crippen LogP) is 3.12. The van der Waals surface area contributed by atoms with Crippen LogP contribution >= 0.6 is 0 Å². The average Bonchev–Trinajstić information content (AvgIpc) is 2.47. The molecule has 1 saturated carbocycles. The Morgan fingerprint density at radius 3 is 2.67 bits per heavy atom. The first kappa shape index (κ1) is 13.8. The number of aromatic nitrogens is 2. The minimum absolute atomic E-state index is 0.127. The van der Waals surface area contributed by atoms with E-state index in [1.807, 2.05) is 0 Å². The van der Waals surface area contributed by atoms with Gasteiger partial charge in [0.25, 0.3) is 5.56 Å². The summed E-state index contributed by atoms with van der Waals surface area (Å²) in [7, 11) is 0. The lowest BCUT2D eigenvalue weighted by Crippen LogP contribution is -2.25. The van der Waals surface area contributed by atoms with Gasteiger partial charge < -0.3 is 5.11 Å². The van der Waals surface area contributed by atoms with Crippen LogP contribution in [0.3, 0.4) is 0 Å². The van der Waals surface area contributed by atoms with Crippen molar-refractivity contribution in [3.8, 4) is 11.6 Å². The van der Waals surface area contributed by atoms with Crippen molar-refractivity contribution in [3.63, 3.8) is 0 Å². The van der Waals surface area contributed by atoms with E-state index >= 15 is 0 Å². The van der Waals surface area contributed by atoms with E-state index in [-0.39, 0.29) is 17.4 Å². The fraction of sp³-hybridized carbons (Fsp3) is 0.375. The number of benzene rings is 1. The van der Waals surface area contributed by atoms with Gasteiger partial charge in [-0.25, -0.2) is 4.39 Å². The van der Waals surface area contributed by atoms with Crippen LogP contribution in [0.2, 0.25) is 0 Å². The van der Waals surface area contributed by atoms with Crippen molar-refractivity contribution in [2.75, 3.05) is 0 Å². The molecule has 1 aliphatic carbocycles. The molecule has 110 valence electrons. The fourth-order valence-corrected chi connectivity index (χ4v) is 3.00. The zero-order chi connectivity index (χ0) is 14.8. The Bertz CT molecular complexity index is 706. The molecule has 0 aliphatic heterocycles. The highest BCUT2D eigenvalue weighted by Crippen LogP contribution is 2.32. The topological polar surface area (TPSA) is 55.1 Å². The van der Waals surface area contributed by atoms with Crippen molar-refractivity contribution in [2.24, 2.45) is 0 Å². The van der Waals surface area contributed by atoms with Crippen molar-refractivity contribution in [3.05, 3.63) is 52.3 Å². The number of aromatic hydroxyl groups is 1. The Morgan fingerprint density at radius 1 is 1.19 bits per heavy atom. The molecule has 5 heteroatoms. The van der Waals surface area contributed by atoms with Gasteiger partial charge in [0.05, 0.1) is 11.8 Å². The van der Waals surface area contributed by atoms with E-state index in [1.54, 1.807) is 12.1 Å². The standard InChI is InChI=1S/C16H17FN2O2/c17-12-7-4-8-13(9-12)19-15(21)10-14(20)18-16(19)11-5-2-1-3-6-11/h4,7-11,20H,1-3,5-6H2. The Kier molecular flexibility index (Phi) is 3.73. The molecule has 21 heavy (non-hydrogen) atoms. The van der Waals surface area contributed by atoms with Gasteiger partial charge in [0.2, 0.25) is 5.88 Å². The third-order valence-corrected chi connectivity index (χ3v) is 3.97. The minimum atomic E-state index is -0.401. The summed E-state index contributed by atoms with van der Waals surface area (Å²) < 4.78 is 14.9. The molecular formula is C16H17FN2O2. The van der Waals surface area contributed by atoms with Crippen molar-refractivity contribution in [1.29, 1.82) is 0 Å². The van der Waals surface area contributed by atoms with Crippen LogP contribution in [-0.2, 0) is 0 Å². The zero-order valence-corrected chi connectivity index (χ0v) is 11.6. The molecular weight excluding hydrogens is 271 g/mol. The molecule has 1 aromatic carbocycles. The Balaban J connectivity index is 2.16. The summed E-state index contributed by atoms with van der Waals surface area (Å²) in [5.74, 6) is -0.0117. The van der Waals surface area contributed by atoms with Crippen LogP contribution in [0.5, 0.6) is 5.88 Å². The molecule has 0 atom stereocenters. The molecule has 0 radical (unpaired) electrons. The van der Waals surface area contributed by atoms with Gasteiger partial charge in [-0.3, -0.25) is 9.36 Å². The van der Waals surface area contributed by atoms with Gasteiger partial charge in [0, 0.05) is 5.92 Å². The molecule has 0 unspecified atom stereocenters. The number of hydrogen-bond acceptors (Lipinski definition) is 3. The lowest BCUT2D eigenvalue weighted by molar-refractivity contribution is 0.402. The first-order valence-electron chi connectivity index (χ1n) is 7.24. The number of rotatable bonds is 2. The first-order chi connectivity index (χ1) is 10.1. The van der Waals surface area contributed by atoms with E-state index in [0.717, 1.165) is 31.7 Å². The summed E-state index contributed by atoms with van der Waals surface area (Å²) in [6, 6.07) is 6.95. The quantitative estimate of drug-likeness (QED) is 0.923. The predicted molar refractivity (Wildman–Crippen MR) is 77.3 cm³/mol. The molecule has 2 aromatic rings. The molecule has 1 N–H and O–H groups in total. The molecule has 0 bridgehead atoms. The largest absolute Gasteiger partial charge is 0.493 e. The van der Waals surface area contributed by atoms with Crippen LogP contribution in [0.25, 0.3) is 5.69 Å². The highest BCUT2D eigenvalue weighted by molar-refractivity contribution is 5.35. The maximum atomic E-state index is 13.5. The lowest BCUT2D eigenvalue weighted by atomic mass is 9.88. The monoisotopic (exact) mass is 288 g/mol. The highest BCUT2D eigenvalue weighted by Gasteiger charge is 2.22. The summed E-state index contributed by atoms with van der Waals surface area (Å²) in [4.78, 5) is 16.4. The van der Waals surface area contributed by atoms with Crippen LogP contribution in [0.1, 0.15) is 43.8 Å². The maximum absolute atomic E-state index is 13.5. The summed E-state index contributed by atoms with van der Waals surface area (Å²) >= 11 is 0. The average molecular weight is 288 g/mol. The van der Waals surface area contributed by atoms with Crippen LogP contribution in [0.4, 0.5) is 4.39 Å². The van der Waals surface area contributed by atoms with Gasteiger partial charge in [-0.1, -0.05) is 25.3 Å². The van der Waals surface area contributed by atoms with Crippen LogP contribution < -0.4 is 5.56 Å². The van der Waals surface area contributed by atoms with Gasteiger partial charge in [-0.15, -0.1) is 0 Å². The molecule has 4 nitrogen and oxygen atoms in total. The SMILES string of the molecule is O=c1cc(O)nc(C2CCCCC2)n1-c1cccc(F)c1. The molecule has 0 spiro atoms. The van der Waals surface area contributed by atoms with Gasteiger partial charge in [0.15, 0.2) is 0 Å². The second-order valence-electron chi connectivity index (χ2n) is 5.46. The van der Waals surface area contributed by atoms with E-state index in [2.05, 4.69) is 4.98 Å². The summed E-state index contributed by atoms with van der Waals surface area (Å²) in [6.45, 7) is 0. The molecule has 0 saturated heterocycles. The van der Waals surface area contributed by atoms with E-state index in [1.165, 1.54) is 23.1 Å². The number of hydrogen-bond donors (Lipinski definition) is 1. The summed E-state index contributed by atoms with van der Waals surface area (Å²) in [5.41, 5.74) is 0.0711. The number of nitrogens with zero attached hydrogens (tertiary/aromatic N) is 2. The molecule has 1 heterocycles. The van der Waals surface area contributed by atoms with Crippen LogP contribution in [-0.4, -0.2) is 14.7 Å².